The summed E-state index contributed by atoms with van der Waals surface area (Å²) in [4.78, 5) is 0. The van der Waals surface area contributed by atoms with Crippen LogP contribution in [0.4, 0.5) is 0 Å². The Labute approximate surface area is 124 Å². The molecule has 0 saturated heterocycles. The standard InChI is InChI=1S/2C10H14/c2*1-8(2)10-7-5-4-6-9(10)3/h2*4-8H,1-3H3. The Hall–Kier alpha value is -1.56. The molecule has 20 heavy (non-hydrogen) atoms. The average molecular weight is 268 g/mol. The number of rotatable bonds is 2. The predicted octanol–water partition coefficient (Wildman–Crippen LogP) is 6.24. The van der Waals surface area contributed by atoms with Crippen molar-refractivity contribution in [1.29, 1.82) is 0 Å². The molecule has 0 bridgehead atoms. The van der Waals surface area contributed by atoms with Gasteiger partial charge in [0.15, 0.2) is 0 Å². The van der Waals surface area contributed by atoms with Crippen molar-refractivity contribution in [2.75, 3.05) is 0 Å². The molecule has 0 saturated carbocycles. The van der Waals surface area contributed by atoms with Gasteiger partial charge < -0.3 is 0 Å². The van der Waals surface area contributed by atoms with Gasteiger partial charge in [0.05, 0.1) is 0 Å². The fraction of sp³-hybridized carbons (Fsp3) is 0.400. The second kappa shape index (κ2) is 7.89. The maximum atomic E-state index is 2.22. The third kappa shape index (κ3) is 4.85. The molecule has 0 fully saturated rings. The third-order valence-corrected chi connectivity index (χ3v) is 3.62. The predicted molar refractivity (Wildman–Crippen MR) is 90.5 cm³/mol. The lowest BCUT2D eigenvalue weighted by Crippen LogP contribution is -1.89. The van der Waals surface area contributed by atoms with E-state index in [-0.39, 0.29) is 0 Å². The van der Waals surface area contributed by atoms with Crippen molar-refractivity contribution in [3.05, 3.63) is 70.8 Å². The third-order valence-electron chi connectivity index (χ3n) is 3.62. The van der Waals surface area contributed by atoms with Crippen LogP contribution < -0.4 is 0 Å². The summed E-state index contributed by atoms with van der Waals surface area (Å²) in [6.07, 6.45) is 0. The minimum atomic E-state index is 0.654. The first-order valence-corrected chi connectivity index (χ1v) is 7.54. The molecule has 2 aromatic carbocycles. The van der Waals surface area contributed by atoms with E-state index in [0.29, 0.717) is 11.8 Å². The lowest BCUT2D eigenvalue weighted by atomic mass is 9.99. The molecule has 0 radical (unpaired) electrons. The molecule has 0 aliphatic rings. The molecule has 0 heteroatoms. The van der Waals surface area contributed by atoms with Gasteiger partial charge in [0.25, 0.3) is 0 Å². The minimum absolute atomic E-state index is 0.654. The largest absolute Gasteiger partial charge is 0.0620 e. The van der Waals surface area contributed by atoms with E-state index in [1.54, 1.807) is 0 Å². The van der Waals surface area contributed by atoms with Crippen molar-refractivity contribution >= 4 is 0 Å². The van der Waals surface area contributed by atoms with E-state index in [0.717, 1.165) is 0 Å². The fourth-order valence-electron chi connectivity index (χ4n) is 2.47. The second-order valence-corrected chi connectivity index (χ2v) is 6.02. The molecule has 0 unspecified atom stereocenters. The molecule has 108 valence electrons. The van der Waals surface area contributed by atoms with Gasteiger partial charge in [-0.2, -0.15) is 0 Å². The Morgan fingerprint density at radius 3 is 1.05 bits per heavy atom. The van der Waals surface area contributed by atoms with E-state index >= 15 is 0 Å². The van der Waals surface area contributed by atoms with Crippen molar-refractivity contribution in [2.45, 2.75) is 53.4 Å². The zero-order valence-electron chi connectivity index (χ0n) is 13.8. The lowest BCUT2D eigenvalue weighted by molar-refractivity contribution is 0.856. The summed E-state index contributed by atoms with van der Waals surface area (Å²) in [5, 5.41) is 0. The summed E-state index contributed by atoms with van der Waals surface area (Å²) in [6, 6.07) is 17.1. The first kappa shape index (κ1) is 16.5. The Kier molecular flexibility index (Phi) is 6.51. The minimum Gasteiger partial charge on any atom is -0.0620 e. The first-order valence-electron chi connectivity index (χ1n) is 7.54. The Morgan fingerprint density at radius 2 is 0.850 bits per heavy atom. The van der Waals surface area contributed by atoms with Gasteiger partial charge in [-0.3, -0.25) is 0 Å². The van der Waals surface area contributed by atoms with Crippen LogP contribution in [0.15, 0.2) is 48.5 Å². The highest BCUT2D eigenvalue weighted by molar-refractivity contribution is 5.28. The summed E-state index contributed by atoms with van der Waals surface area (Å²) in [5.74, 6) is 1.31. The van der Waals surface area contributed by atoms with E-state index in [1.807, 2.05) is 0 Å². The molecule has 0 spiro atoms. The summed E-state index contributed by atoms with van der Waals surface area (Å²) in [7, 11) is 0. The molecule has 0 aliphatic heterocycles. The molecule has 0 N–H and O–H groups in total. The maximum absolute atomic E-state index is 2.22. The zero-order valence-corrected chi connectivity index (χ0v) is 13.8. The van der Waals surface area contributed by atoms with Crippen molar-refractivity contribution in [2.24, 2.45) is 0 Å². The molecular formula is C20H28. The summed E-state index contributed by atoms with van der Waals surface area (Å²) >= 11 is 0. The number of hydrogen-bond donors (Lipinski definition) is 0. The van der Waals surface area contributed by atoms with Crippen LogP contribution >= 0.6 is 0 Å². The van der Waals surface area contributed by atoms with Crippen molar-refractivity contribution < 1.29 is 0 Å². The van der Waals surface area contributed by atoms with Gasteiger partial charge in [0.2, 0.25) is 0 Å². The monoisotopic (exact) mass is 268 g/mol. The van der Waals surface area contributed by atoms with E-state index in [9.17, 15) is 0 Å². The smallest absolute Gasteiger partial charge is 0.0216 e. The van der Waals surface area contributed by atoms with E-state index in [1.165, 1.54) is 22.3 Å². The first-order chi connectivity index (χ1) is 9.43. The highest BCUT2D eigenvalue weighted by Gasteiger charge is 2.00. The normalized spacial score (nSPS) is 10.4. The summed E-state index contributed by atoms with van der Waals surface area (Å²) in [5.41, 5.74) is 5.72. The SMILES string of the molecule is Cc1ccccc1C(C)C.Cc1ccccc1C(C)C. The van der Waals surface area contributed by atoms with Crippen LogP contribution in [0.5, 0.6) is 0 Å². The zero-order chi connectivity index (χ0) is 15.1. The molecule has 0 aliphatic carbocycles. The van der Waals surface area contributed by atoms with Crippen LogP contribution in [0.1, 0.15) is 61.8 Å². The average Bonchev–Trinajstić information content (AvgIpc) is 2.40. The fourth-order valence-corrected chi connectivity index (χ4v) is 2.47. The molecule has 0 aromatic heterocycles. The quantitative estimate of drug-likeness (QED) is 0.605. The molecule has 0 amide bonds. The van der Waals surface area contributed by atoms with Gasteiger partial charge in [-0.05, 0) is 47.9 Å². The van der Waals surface area contributed by atoms with E-state index < -0.39 is 0 Å². The van der Waals surface area contributed by atoms with Crippen LogP contribution in [0.3, 0.4) is 0 Å². The molecule has 0 nitrogen and oxygen atoms in total. The Morgan fingerprint density at radius 1 is 0.550 bits per heavy atom. The Balaban J connectivity index is 0.000000200. The lowest BCUT2D eigenvalue weighted by Gasteiger charge is -2.07. The molecular weight excluding hydrogens is 240 g/mol. The van der Waals surface area contributed by atoms with Crippen LogP contribution in [0.25, 0.3) is 0 Å². The molecule has 0 atom stereocenters. The van der Waals surface area contributed by atoms with Gasteiger partial charge in [0, 0.05) is 0 Å². The number of aryl methyl sites for hydroxylation is 2. The van der Waals surface area contributed by atoms with Gasteiger partial charge in [0.1, 0.15) is 0 Å². The van der Waals surface area contributed by atoms with Gasteiger partial charge in [-0.15, -0.1) is 0 Å². The van der Waals surface area contributed by atoms with E-state index in [2.05, 4.69) is 90.1 Å². The Bertz CT molecular complexity index is 472. The van der Waals surface area contributed by atoms with Crippen LogP contribution in [-0.2, 0) is 0 Å². The highest BCUT2D eigenvalue weighted by Crippen LogP contribution is 2.18. The van der Waals surface area contributed by atoms with Gasteiger partial charge in [-0.1, -0.05) is 76.2 Å². The van der Waals surface area contributed by atoms with Gasteiger partial charge in [-0.25, -0.2) is 0 Å². The van der Waals surface area contributed by atoms with Crippen LogP contribution in [0.2, 0.25) is 0 Å². The van der Waals surface area contributed by atoms with Crippen LogP contribution in [-0.4, -0.2) is 0 Å². The number of hydrogen-bond acceptors (Lipinski definition) is 0. The van der Waals surface area contributed by atoms with Crippen LogP contribution in [0, 0.1) is 13.8 Å². The molecule has 2 rings (SSSR count). The summed E-state index contributed by atoms with van der Waals surface area (Å²) < 4.78 is 0. The second-order valence-electron chi connectivity index (χ2n) is 6.02. The van der Waals surface area contributed by atoms with Crippen molar-refractivity contribution in [3.63, 3.8) is 0 Å². The van der Waals surface area contributed by atoms with E-state index in [4.69, 9.17) is 0 Å². The van der Waals surface area contributed by atoms with Crippen molar-refractivity contribution in [1.82, 2.24) is 0 Å². The highest BCUT2D eigenvalue weighted by atomic mass is 14.1. The number of benzene rings is 2. The van der Waals surface area contributed by atoms with Crippen molar-refractivity contribution in [3.8, 4) is 0 Å². The van der Waals surface area contributed by atoms with Gasteiger partial charge >= 0.3 is 0 Å². The summed E-state index contributed by atoms with van der Waals surface area (Å²) in [6.45, 7) is 13.2. The topological polar surface area (TPSA) is 0 Å². The maximum Gasteiger partial charge on any atom is -0.0216 e. The molecule has 0 heterocycles. The molecule has 2 aromatic rings.